The second kappa shape index (κ2) is 6.27. The summed E-state index contributed by atoms with van der Waals surface area (Å²) in [4.78, 5) is 0. The average Bonchev–Trinajstić information content (AvgIpc) is 2.53. The topological polar surface area (TPSA) is 41.5 Å². The maximum absolute atomic E-state index is 13.3. The van der Waals surface area contributed by atoms with E-state index < -0.39 is 18.3 Å². The molecule has 22 heavy (non-hydrogen) atoms. The second-order valence-electron chi connectivity index (χ2n) is 4.81. The molecular formula is C16H16F3NO2. The van der Waals surface area contributed by atoms with Gasteiger partial charge in [0.05, 0.1) is 13.7 Å². The zero-order valence-corrected chi connectivity index (χ0v) is 11.9. The second-order valence-corrected chi connectivity index (χ2v) is 4.81. The Labute approximate surface area is 126 Å². The van der Waals surface area contributed by atoms with E-state index >= 15 is 0 Å². The molecule has 118 valence electrons. The predicted molar refractivity (Wildman–Crippen MR) is 77.9 cm³/mol. The summed E-state index contributed by atoms with van der Waals surface area (Å²) in [5.41, 5.74) is -2.71. The normalized spacial score (nSPS) is 14.2. The number of hydrogen-bond donors (Lipinski definition) is 2. The van der Waals surface area contributed by atoms with Crippen molar-refractivity contribution in [2.75, 3.05) is 19.0 Å². The Hall–Kier alpha value is -2.21. The molecular weight excluding hydrogens is 295 g/mol. The SMILES string of the molecule is COc1ccc(NCC(O)(c2ccccc2)C(F)(F)F)cc1. The zero-order valence-electron chi connectivity index (χ0n) is 11.9. The van der Waals surface area contributed by atoms with Crippen LogP contribution in [-0.2, 0) is 5.60 Å². The number of anilines is 1. The molecule has 0 aliphatic heterocycles. The zero-order chi connectivity index (χ0) is 16.2. The van der Waals surface area contributed by atoms with Crippen molar-refractivity contribution in [1.29, 1.82) is 0 Å². The van der Waals surface area contributed by atoms with Gasteiger partial charge in [-0.1, -0.05) is 30.3 Å². The minimum atomic E-state index is -4.80. The van der Waals surface area contributed by atoms with Crippen molar-refractivity contribution in [3.63, 3.8) is 0 Å². The van der Waals surface area contributed by atoms with Gasteiger partial charge in [-0.25, -0.2) is 0 Å². The van der Waals surface area contributed by atoms with E-state index in [-0.39, 0.29) is 5.56 Å². The van der Waals surface area contributed by atoms with Crippen LogP contribution in [0.4, 0.5) is 18.9 Å². The Morgan fingerprint density at radius 1 is 1.00 bits per heavy atom. The first-order chi connectivity index (χ1) is 10.4. The molecule has 0 fully saturated rings. The summed E-state index contributed by atoms with van der Waals surface area (Å²) in [6.07, 6.45) is -4.80. The molecule has 0 spiro atoms. The lowest BCUT2D eigenvalue weighted by molar-refractivity contribution is -0.260. The lowest BCUT2D eigenvalue weighted by Gasteiger charge is -2.31. The van der Waals surface area contributed by atoms with Crippen molar-refractivity contribution in [1.82, 2.24) is 0 Å². The van der Waals surface area contributed by atoms with Gasteiger partial charge in [0, 0.05) is 5.69 Å². The number of ether oxygens (including phenoxy) is 1. The first-order valence-corrected chi connectivity index (χ1v) is 6.59. The Bertz CT molecular complexity index is 599. The number of nitrogens with one attached hydrogen (secondary N) is 1. The molecule has 3 nitrogen and oxygen atoms in total. The van der Waals surface area contributed by atoms with E-state index in [1.807, 2.05) is 0 Å². The van der Waals surface area contributed by atoms with Gasteiger partial charge in [0.15, 0.2) is 0 Å². The minimum Gasteiger partial charge on any atom is -0.497 e. The molecule has 0 aliphatic rings. The molecule has 1 unspecified atom stereocenters. The van der Waals surface area contributed by atoms with E-state index in [9.17, 15) is 18.3 Å². The molecule has 2 rings (SSSR count). The van der Waals surface area contributed by atoms with E-state index in [1.54, 1.807) is 30.3 Å². The summed E-state index contributed by atoms with van der Waals surface area (Å²) < 4.78 is 44.9. The third kappa shape index (κ3) is 3.33. The Morgan fingerprint density at radius 2 is 1.59 bits per heavy atom. The van der Waals surface area contributed by atoms with Crippen LogP contribution >= 0.6 is 0 Å². The first kappa shape index (κ1) is 16.2. The number of benzene rings is 2. The largest absolute Gasteiger partial charge is 0.497 e. The lowest BCUT2D eigenvalue weighted by atomic mass is 9.93. The number of rotatable bonds is 5. The maximum atomic E-state index is 13.3. The summed E-state index contributed by atoms with van der Waals surface area (Å²) in [6.45, 7) is -0.688. The smallest absolute Gasteiger partial charge is 0.423 e. The molecule has 0 aromatic heterocycles. The molecule has 0 saturated heterocycles. The van der Waals surface area contributed by atoms with Crippen LogP contribution in [0.1, 0.15) is 5.56 Å². The third-order valence-corrected chi connectivity index (χ3v) is 3.36. The molecule has 0 aliphatic carbocycles. The molecule has 2 aromatic carbocycles. The number of hydrogen-bond acceptors (Lipinski definition) is 3. The van der Waals surface area contributed by atoms with Crippen molar-refractivity contribution >= 4 is 5.69 Å². The van der Waals surface area contributed by atoms with Gasteiger partial charge in [-0.15, -0.1) is 0 Å². The quantitative estimate of drug-likeness (QED) is 0.887. The van der Waals surface area contributed by atoms with E-state index in [0.717, 1.165) is 0 Å². The Morgan fingerprint density at radius 3 is 2.09 bits per heavy atom. The molecule has 2 aromatic rings. The van der Waals surface area contributed by atoms with Gasteiger partial charge in [0.2, 0.25) is 5.60 Å². The van der Waals surface area contributed by atoms with Crippen molar-refractivity contribution < 1.29 is 23.0 Å². The van der Waals surface area contributed by atoms with Gasteiger partial charge in [-0.2, -0.15) is 13.2 Å². The predicted octanol–water partition coefficient (Wildman–Crippen LogP) is 3.56. The third-order valence-electron chi connectivity index (χ3n) is 3.36. The molecule has 2 N–H and O–H groups in total. The van der Waals surface area contributed by atoms with Crippen molar-refractivity contribution in [3.8, 4) is 5.75 Å². The standard InChI is InChI=1S/C16H16F3NO2/c1-22-14-9-7-13(8-10-14)20-11-15(21,16(17,18)19)12-5-3-2-4-6-12/h2-10,20-21H,11H2,1H3. The average molecular weight is 311 g/mol. The fourth-order valence-corrected chi connectivity index (χ4v) is 2.02. The van der Waals surface area contributed by atoms with Crippen LogP contribution in [0.25, 0.3) is 0 Å². The number of halogens is 3. The highest BCUT2D eigenvalue weighted by Gasteiger charge is 2.54. The van der Waals surface area contributed by atoms with Crippen LogP contribution in [0.3, 0.4) is 0 Å². The van der Waals surface area contributed by atoms with Crippen molar-refractivity contribution in [2.24, 2.45) is 0 Å². The molecule has 0 heterocycles. The summed E-state index contributed by atoms with van der Waals surface area (Å²) in [5.74, 6) is 0.597. The van der Waals surface area contributed by atoms with Crippen LogP contribution in [0.5, 0.6) is 5.75 Å². The summed E-state index contributed by atoms with van der Waals surface area (Å²) >= 11 is 0. The fourth-order valence-electron chi connectivity index (χ4n) is 2.02. The summed E-state index contributed by atoms with van der Waals surface area (Å²) in [5, 5.41) is 12.8. The monoisotopic (exact) mass is 311 g/mol. The van der Waals surface area contributed by atoms with Gasteiger partial charge in [-0.3, -0.25) is 0 Å². The van der Waals surface area contributed by atoms with Gasteiger partial charge >= 0.3 is 6.18 Å². The van der Waals surface area contributed by atoms with Gasteiger partial charge < -0.3 is 15.2 Å². The van der Waals surface area contributed by atoms with E-state index in [4.69, 9.17) is 4.74 Å². The molecule has 0 amide bonds. The van der Waals surface area contributed by atoms with Gasteiger partial charge in [0.25, 0.3) is 0 Å². The molecule has 6 heteroatoms. The lowest BCUT2D eigenvalue weighted by Crippen LogP contribution is -2.47. The molecule has 0 bridgehead atoms. The Kier molecular flexibility index (Phi) is 4.61. The van der Waals surface area contributed by atoms with Gasteiger partial charge in [0.1, 0.15) is 5.75 Å². The van der Waals surface area contributed by atoms with Crippen molar-refractivity contribution in [3.05, 3.63) is 60.2 Å². The molecule has 0 saturated carbocycles. The van der Waals surface area contributed by atoms with Crippen LogP contribution in [-0.4, -0.2) is 24.9 Å². The highest BCUT2D eigenvalue weighted by molar-refractivity contribution is 5.47. The van der Waals surface area contributed by atoms with Crippen LogP contribution in [0.2, 0.25) is 0 Å². The van der Waals surface area contributed by atoms with Gasteiger partial charge in [-0.05, 0) is 29.8 Å². The Balaban J connectivity index is 2.21. The first-order valence-electron chi connectivity index (χ1n) is 6.59. The fraction of sp³-hybridized carbons (Fsp3) is 0.250. The molecule has 1 atom stereocenters. The maximum Gasteiger partial charge on any atom is 0.423 e. The molecule has 0 radical (unpaired) electrons. The number of aliphatic hydroxyl groups is 1. The van der Waals surface area contributed by atoms with Crippen molar-refractivity contribution in [2.45, 2.75) is 11.8 Å². The number of alkyl halides is 3. The summed E-state index contributed by atoms with van der Waals surface area (Å²) in [7, 11) is 1.50. The van der Waals surface area contributed by atoms with E-state index in [2.05, 4.69) is 5.32 Å². The minimum absolute atomic E-state index is 0.205. The van der Waals surface area contributed by atoms with E-state index in [0.29, 0.717) is 11.4 Å². The van der Waals surface area contributed by atoms with Crippen LogP contribution in [0, 0.1) is 0 Å². The van der Waals surface area contributed by atoms with Crippen LogP contribution < -0.4 is 10.1 Å². The highest BCUT2D eigenvalue weighted by Crippen LogP contribution is 2.39. The van der Waals surface area contributed by atoms with E-state index in [1.165, 1.54) is 31.4 Å². The van der Waals surface area contributed by atoms with Crippen LogP contribution in [0.15, 0.2) is 54.6 Å². The summed E-state index contributed by atoms with van der Waals surface area (Å²) in [6, 6.07) is 13.4. The number of methoxy groups -OCH3 is 1. The highest BCUT2D eigenvalue weighted by atomic mass is 19.4.